The summed E-state index contributed by atoms with van der Waals surface area (Å²) >= 11 is 0. The van der Waals surface area contributed by atoms with Crippen molar-refractivity contribution in [2.24, 2.45) is 0 Å². The molecule has 0 fully saturated rings. The standard InChI is InChI=1S/C15H18O3/c1-14(2)7-9-5-6-10-11(16)8-15(3,4)18-13(10)12(9)17-14/h5-6H,7-8H2,1-4H3. The summed E-state index contributed by atoms with van der Waals surface area (Å²) in [6.07, 6.45) is 1.27. The highest BCUT2D eigenvalue weighted by Gasteiger charge is 2.39. The van der Waals surface area contributed by atoms with Gasteiger partial charge in [0.05, 0.1) is 12.0 Å². The van der Waals surface area contributed by atoms with Crippen LogP contribution in [0.1, 0.15) is 50.0 Å². The molecule has 0 unspecified atom stereocenters. The monoisotopic (exact) mass is 246 g/mol. The number of carbonyl (C=O) groups is 1. The van der Waals surface area contributed by atoms with E-state index in [0.29, 0.717) is 17.7 Å². The lowest BCUT2D eigenvalue weighted by Crippen LogP contribution is -2.36. The number of ether oxygens (including phenoxy) is 2. The fraction of sp³-hybridized carbons (Fsp3) is 0.533. The van der Waals surface area contributed by atoms with Gasteiger partial charge in [0.25, 0.3) is 0 Å². The Morgan fingerprint density at radius 2 is 1.56 bits per heavy atom. The second-order valence-corrected chi connectivity index (χ2v) is 6.43. The van der Waals surface area contributed by atoms with Crippen molar-refractivity contribution < 1.29 is 14.3 Å². The number of hydrogen-bond donors (Lipinski definition) is 0. The van der Waals surface area contributed by atoms with E-state index >= 15 is 0 Å². The Balaban J connectivity index is 2.15. The van der Waals surface area contributed by atoms with Crippen LogP contribution < -0.4 is 9.47 Å². The summed E-state index contributed by atoms with van der Waals surface area (Å²) in [4.78, 5) is 12.1. The molecule has 3 rings (SSSR count). The first-order valence-corrected chi connectivity index (χ1v) is 6.35. The number of Topliss-reactive ketones (excluding diaryl/α,β-unsaturated/α-hetero) is 1. The van der Waals surface area contributed by atoms with Crippen molar-refractivity contribution in [2.45, 2.75) is 51.7 Å². The number of rotatable bonds is 0. The van der Waals surface area contributed by atoms with E-state index in [2.05, 4.69) is 13.8 Å². The Hall–Kier alpha value is -1.51. The Kier molecular flexibility index (Phi) is 2.11. The van der Waals surface area contributed by atoms with Crippen molar-refractivity contribution in [3.05, 3.63) is 23.3 Å². The van der Waals surface area contributed by atoms with Crippen LogP contribution in [0.15, 0.2) is 12.1 Å². The Labute approximate surface area is 107 Å². The second-order valence-electron chi connectivity index (χ2n) is 6.43. The third-order valence-electron chi connectivity index (χ3n) is 3.45. The Bertz CT molecular complexity index is 541. The second kappa shape index (κ2) is 3.28. The number of hydrogen-bond acceptors (Lipinski definition) is 3. The number of carbonyl (C=O) groups excluding carboxylic acids is 1. The molecule has 2 aliphatic rings. The smallest absolute Gasteiger partial charge is 0.173 e. The zero-order chi connectivity index (χ0) is 13.1. The van der Waals surface area contributed by atoms with Crippen molar-refractivity contribution in [1.29, 1.82) is 0 Å². The summed E-state index contributed by atoms with van der Waals surface area (Å²) in [7, 11) is 0. The topological polar surface area (TPSA) is 35.5 Å². The molecule has 0 atom stereocenters. The van der Waals surface area contributed by atoms with Crippen molar-refractivity contribution in [3.8, 4) is 11.5 Å². The summed E-state index contributed by atoms with van der Waals surface area (Å²) in [6, 6.07) is 3.86. The van der Waals surface area contributed by atoms with Gasteiger partial charge in [-0.2, -0.15) is 0 Å². The van der Waals surface area contributed by atoms with Gasteiger partial charge >= 0.3 is 0 Å². The summed E-state index contributed by atoms with van der Waals surface area (Å²) in [5.41, 5.74) is 1.12. The van der Waals surface area contributed by atoms with E-state index in [1.54, 1.807) is 0 Å². The minimum atomic E-state index is -0.449. The van der Waals surface area contributed by atoms with Crippen molar-refractivity contribution in [1.82, 2.24) is 0 Å². The number of benzene rings is 1. The highest BCUT2D eigenvalue weighted by molar-refractivity contribution is 6.01. The van der Waals surface area contributed by atoms with E-state index in [1.807, 2.05) is 26.0 Å². The molecule has 3 heteroatoms. The van der Waals surface area contributed by atoms with Gasteiger partial charge in [-0.3, -0.25) is 4.79 Å². The van der Waals surface area contributed by atoms with Gasteiger partial charge < -0.3 is 9.47 Å². The van der Waals surface area contributed by atoms with Gasteiger partial charge in [0, 0.05) is 12.0 Å². The molecule has 18 heavy (non-hydrogen) atoms. The summed E-state index contributed by atoms with van der Waals surface area (Å²) in [6.45, 7) is 7.98. The maximum atomic E-state index is 12.1. The highest BCUT2D eigenvalue weighted by atomic mass is 16.5. The maximum Gasteiger partial charge on any atom is 0.173 e. The molecule has 0 spiro atoms. The zero-order valence-corrected chi connectivity index (χ0v) is 11.3. The molecule has 0 bridgehead atoms. The molecule has 2 heterocycles. The SMILES string of the molecule is CC1(C)Cc2ccc3c(c2O1)OC(C)(C)CC3=O. The van der Waals surface area contributed by atoms with Gasteiger partial charge in [0.1, 0.15) is 11.2 Å². The van der Waals surface area contributed by atoms with Crippen molar-refractivity contribution in [3.63, 3.8) is 0 Å². The van der Waals surface area contributed by atoms with E-state index in [9.17, 15) is 4.79 Å². The van der Waals surface area contributed by atoms with E-state index < -0.39 is 5.60 Å². The lowest BCUT2D eigenvalue weighted by atomic mass is 9.91. The summed E-state index contributed by atoms with van der Waals surface area (Å²) in [5.74, 6) is 1.54. The average Bonchev–Trinajstić information content (AvgIpc) is 2.50. The van der Waals surface area contributed by atoms with Crippen LogP contribution >= 0.6 is 0 Å². The number of fused-ring (bicyclic) bond motifs is 3. The van der Waals surface area contributed by atoms with Crippen LogP contribution in [-0.2, 0) is 6.42 Å². The molecule has 0 aromatic heterocycles. The van der Waals surface area contributed by atoms with Crippen LogP contribution in [0.3, 0.4) is 0 Å². The van der Waals surface area contributed by atoms with Gasteiger partial charge in [-0.05, 0) is 33.8 Å². The molecule has 3 nitrogen and oxygen atoms in total. The predicted molar refractivity (Wildman–Crippen MR) is 68.5 cm³/mol. The lowest BCUT2D eigenvalue weighted by Gasteiger charge is -2.32. The Morgan fingerprint density at radius 1 is 0.944 bits per heavy atom. The zero-order valence-electron chi connectivity index (χ0n) is 11.3. The normalized spacial score (nSPS) is 22.8. The highest BCUT2D eigenvalue weighted by Crippen LogP contribution is 2.47. The first kappa shape index (κ1) is 11.6. The van der Waals surface area contributed by atoms with Gasteiger partial charge in [-0.15, -0.1) is 0 Å². The molecule has 2 aliphatic heterocycles. The van der Waals surface area contributed by atoms with Crippen LogP contribution in [0.25, 0.3) is 0 Å². The van der Waals surface area contributed by atoms with Crippen LogP contribution in [0, 0.1) is 0 Å². The van der Waals surface area contributed by atoms with Gasteiger partial charge in [-0.1, -0.05) is 6.07 Å². The van der Waals surface area contributed by atoms with Crippen LogP contribution in [0.2, 0.25) is 0 Å². The third kappa shape index (κ3) is 1.69. The number of ketones is 1. The van der Waals surface area contributed by atoms with E-state index in [4.69, 9.17) is 9.47 Å². The average molecular weight is 246 g/mol. The largest absolute Gasteiger partial charge is 0.483 e. The first-order chi connectivity index (χ1) is 8.27. The summed E-state index contributed by atoms with van der Waals surface area (Å²) in [5, 5.41) is 0. The van der Waals surface area contributed by atoms with Crippen molar-refractivity contribution >= 4 is 5.78 Å². The molecule has 0 saturated carbocycles. The molecule has 0 aliphatic carbocycles. The molecule has 96 valence electrons. The van der Waals surface area contributed by atoms with Gasteiger partial charge in [-0.25, -0.2) is 0 Å². The lowest BCUT2D eigenvalue weighted by molar-refractivity contribution is 0.0561. The molecule has 1 aromatic rings. The Morgan fingerprint density at radius 3 is 2.28 bits per heavy atom. The predicted octanol–water partition coefficient (Wildman–Crippen LogP) is 3.14. The molecule has 0 amide bonds. The van der Waals surface area contributed by atoms with E-state index in [-0.39, 0.29) is 11.4 Å². The van der Waals surface area contributed by atoms with E-state index in [0.717, 1.165) is 17.7 Å². The van der Waals surface area contributed by atoms with Gasteiger partial charge in [0.15, 0.2) is 17.3 Å². The fourth-order valence-electron chi connectivity index (χ4n) is 2.74. The molecule has 0 radical (unpaired) electrons. The van der Waals surface area contributed by atoms with Crippen LogP contribution in [0.4, 0.5) is 0 Å². The minimum Gasteiger partial charge on any atom is -0.483 e. The molecular weight excluding hydrogens is 228 g/mol. The third-order valence-corrected chi connectivity index (χ3v) is 3.45. The molecule has 1 aromatic carbocycles. The minimum absolute atomic E-state index is 0.136. The molecule has 0 saturated heterocycles. The molecule has 0 N–H and O–H groups in total. The van der Waals surface area contributed by atoms with Gasteiger partial charge in [0.2, 0.25) is 0 Å². The van der Waals surface area contributed by atoms with Crippen molar-refractivity contribution in [2.75, 3.05) is 0 Å². The quantitative estimate of drug-likeness (QED) is 0.705. The van der Waals surface area contributed by atoms with E-state index in [1.165, 1.54) is 0 Å². The molecular formula is C15H18O3. The summed E-state index contributed by atoms with van der Waals surface area (Å²) < 4.78 is 11.9. The fourth-order valence-corrected chi connectivity index (χ4v) is 2.74. The first-order valence-electron chi connectivity index (χ1n) is 6.35. The maximum absolute atomic E-state index is 12.1. The van der Waals surface area contributed by atoms with Crippen LogP contribution in [0.5, 0.6) is 11.5 Å². The van der Waals surface area contributed by atoms with Crippen LogP contribution in [-0.4, -0.2) is 17.0 Å².